The maximum atomic E-state index is 5.15. The summed E-state index contributed by atoms with van der Waals surface area (Å²) < 4.78 is 0.476. The van der Waals surface area contributed by atoms with Crippen molar-refractivity contribution < 1.29 is 0 Å². The van der Waals surface area contributed by atoms with E-state index in [0.29, 0.717) is 11.2 Å². The van der Waals surface area contributed by atoms with Crippen LogP contribution in [0, 0.1) is 17.1 Å². The van der Waals surface area contributed by atoms with Gasteiger partial charge in [0.2, 0.25) is 4.77 Å². The van der Waals surface area contributed by atoms with Gasteiger partial charge < -0.3 is 0 Å². The van der Waals surface area contributed by atoms with Crippen molar-refractivity contribution in [3.63, 3.8) is 0 Å². The Bertz CT molecular complexity index is 317. The maximum Gasteiger partial charge on any atom is 0.213 e. The van der Waals surface area contributed by atoms with Gasteiger partial charge in [0.15, 0.2) is 0 Å². The molecule has 0 saturated carbocycles. The standard InChI is InChI=1S/C7H9N3S/c1-3-4-5(2)6-8-7(11)10-9-6/h1,5H,4H2,2H3,(H2,8,9,10,11)/t5-/m0/s1. The fourth-order valence-electron chi connectivity index (χ4n) is 0.790. The zero-order chi connectivity index (χ0) is 8.27. The predicted octanol–water partition coefficient (Wildman–Crippen LogP) is 1.59. The number of hydrogen-bond acceptors (Lipinski definition) is 2. The van der Waals surface area contributed by atoms with E-state index in [4.69, 9.17) is 18.6 Å². The number of aromatic amines is 2. The number of nitrogens with zero attached hydrogens (tertiary/aromatic N) is 1. The summed E-state index contributed by atoms with van der Waals surface area (Å²) in [6.07, 6.45) is 5.82. The molecule has 0 radical (unpaired) electrons. The molecule has 1 heterocycles. The van der Waals surface area contributed by atoms with Gasteiger partial charge >= 0.3 is 0 Å². The van der Waals surface area contributed by atoms with Crippen LogP contribution in [-0.4, -0.2) is 15.2 Å². The monoisotopic (exact) mass is 167 g/mol. The molecule has 0 fully saturated rings. The third-order valence-electron chi connectivity index (χ3n) is 1.41. The lowest BCUT2D eigenvalue weighted by atomic mass is 10.1. The molecule has 3 nitrogen and oxygen atoms in total. The van der Waals surface area contributed by atoms with E-state index in [1.807, 2.05) is 6.92 Å². The number of rotatable bonds is 2. The third-order valence-corrected chi connectivity index (χ3v) is 1.60. The molecule has 0 amide bonds. The summed E-state index contributed by atoms with van der Waals surface area (Å²) in [7, 11) is 0. The molecule has 0 spiro atoms. The van der Waals surface area contributed by atoms with Gasteiger partial charge in [-0.1, -0.05) is 6.92 Å². The first kappa shape index (κ1) is 8.02. The van der Waals surface area contributed by atoms with Crippen LogP contribution in [0.25, 0.3) is 0 Å². The van der Waals surface area contributed by atoms with Gasteiger partial charge in [0, 0.05) is 12.3 Å². The maximum absolute atomic E-state index is 5.15. The van der Waals surface area contributed by atoms with Crippen molar-refractivity contribution in [1.82, 2.24) is 15.2 Å². The number of aromatic nitrogens is 3. The van der Waals surface area contributed by atoms with E-state index in [0.717, 1.165) is 5.82 Å². The zero-order valence-corrected chi connectivity index (χ0v) is 7.03. The molecule has 2 N–H and O–H groups in total. The SMILES string of the molecule is C#CC[C@H](C)c1nc(=S)[nH][nH]1. The van der Waals surface area contributed by atoms with E-state index in [1.165, 1.54) is 0 Å². The van der Waals surface area contributed by atoms with Gasteiger partial charge in [-0.2, -0.15) is 0 Å². The Morgan fingerprint density at radius 2 is 2.45 bits per heavy atom. The average molecular weight is 167 g/mol. The summed E-state index contributed by atoms with van der Waals surface area (Å²) in [6.45, 7) is 2.00. The molecule has 0 aliphatic carbocycles. The van der Waals surface area contributed by atoms with Crippen molar-refractivity contribution >= 4 is 12.2 Å². The second-order valence-corrected chi connectivity index (χ2v) is 2.75. The predicted molar refractivity (Wildman–Crippen MR) is 45.6 cm³/mol. The highest BCUT2D eigenvalue weighted by Crippen LogP contribution is 2.11. The van der Waals surface area contributed by atoms with Gasteiger partial charge in [-0.25, -0.2) is 4.98 Å². The quantitative estimate of drug-likeness (QED) is 0.519. The first-order chi connectivity index (χ1) is 5.24. The Morgan fingerprint density at radius 3 is 2.91 bits per heavy atom. The molecule has 0 aliphatic rings. The lowest BCUT2D eigenvalue weighted by molar-refractivity contribution is 0.729. The van der Waals surface area contributed by atoms with Crippen LogP contribution in [0.3, 0.4) is 0 Å². The summed E-state index contributed by atoms with van der Waals surface area (Å²) in [5.41, 5.74) is 0. The number of hydrogen-bond donors (Lipinski definition) is 2. The second kappa shape index (κ2) is 3.35. The van der Waals surface area contributed by atoms with Crippen molar-refractivity contribution in [3.8, 4) is 12.3 Å². The average Bonchev–Trinajstić information content (AvgIpc) is 2.36. The molecule has 0 aliphatic heterocycles. The van der Waals surface area contributed by atoms with E-state index >= 15 is 0 Å². The zero-order valence-electron chi connectivity index (χ0n) is 6.22. The molecule has 1 aromatic heterocycles. The van der Waals surface area contributed by atoms with Crippen molar-refractivity contribution in [2.45, 2.75) is 19.3 Å². The molecule has 1 atom stereocenters. The summed E-state index contributed by atoms with van der Waals surface area (Å²) in [5, 5.41) is 5.57. The molecular weight excluding hydrogens is 158 g/mol. The van der Waals surface area contributed by atoms with Crippen LogP contribution in [0.2, 0.25) is 0 Å². The minimum atomic E-state index is 0.243. The van der Waals surface area contributed by atoms with Crippen LogP contribution < -0.4 is 0 Å². The topological polar surface area (TPSA) is 44.5 Å². The fraction of sp³-hybridized carbons (Fsp3) is 0.429. The Labute approximate surface area is 70.2 Å². The van der Waals surface area contributed by atoms with E-state index in [1.54, 1.807) is 0 Å². The highest BCUT2D eigenvalue weighted by Gasteiger charge is 2.05. The molecule has 58 valence electrons. The molecule has 0 unspecified atom stereocenters. The van der Waals surface area contributed by atoms with Crippen LogP contribution in [0.4, 0.5) is 0 Å². The van der Waals surface area contributed by atoms with Crippen LogP contribution in [-0.2, 0) is 0 Å². The van der Waals surface area contributed by atoms with Gasteiger partial charge in [0.05, 0.1) is 0 Å². The normalized spacial score (nSPS) is 12.4. The van der Waals surface area contributed by atoms with Crippen molar-refractivity contribution in [3.05, 3.63) is 10.6 Å². The molecular formula is C7H9N3S. The minimum absolute atomic E-state index is 0.243. The van der Waals surface area contributed by atoms with E-state index in [9.17, 15) is 0 Å². The Kier molecular flexibility index (Phi) is 2.44. The Morgan fingerprint density at radius 1 is 1.73 bits per heavy atom. The molecule has 0 bridgehead atoms. The lowest BCUT2D eigenvalue weighted by Gasteiger charge is -2.00. The first-order valence-electron chi connectivity index (χ1n) is 3.32. The van der Waals surface area contributed by atoms with E-state index in [-0.39, 0.29) is 5.92 Å². The van der Waals surface area contributed by atoms with Crippen molar-refractivity contribution in [1.29, 1.82) is 0 Å². The van der Waals surface area contributed by atoms with E-state index in [2.05, 4.69) is 21.1 Å². The Hall–Kier alpha value is -1.08. The molecule has 0 aromatic carbocycles. The molecule has 11 heavy (non-hydrogen) atoms. The molecule has 4 heteroatoms. The van der Waals surface area contributed by atoms with Gasteiger partial charge in [0.25, 0.3) is 0 Å². The van der Waals surface area contributed by atoms with Crippen LogP contribution in [0.1, 0.15) is 25.1 Å². The highest BCUT2D eigenvalue weighted by atomic mass is 32.1. The third kappa shape index (κ3) is 1.92. The lowest BCUT2D eigenvalue weighted by Crippen LogP contribution is -1.94. The fourth-order valence-corrected chi connectivity index (χ4v) is 0.939. The highest BCUT2D eigenvalue weighted by molar-refractivity contribution is 7.71. The summed E-state index contributed by atoms with van der Waals surface area (Å²) in [4.78, 5) is 4.04. The number of H-pyrrole nitrogens is 2. The summed E-state index contributed by atoms with van der Waals surface area (Å²) in [5.74, 6) is 3.64. The summed E-state index contributed by atoms with van der Waals surface area (Å²) >= 11 is 4.79. The van der Waals surface area contributed by atoms with Crippen molar-refractivity contribution in [2.75, 3.05) is 0 Å². The van der Waals surface area contributed by atoms with Gasteiger partial charge in [-0.15, -0.1) is 12.3 Å². The first-order valence-corrected chi connectivity index (χ1v) is 3.73. The largest absolute Gasteiger partial charge is 0.285 e. The smallest absolute Gasteiger partial charge is 0.213 e. The number of terminal acetylenes is 1. The van der Waals surface area contributed by atoms with Crippen LogP contribution >= 0.6 is 12.2 Å². The van der Waals surface area contributed by atoms with Crippen LogP contribution in [0.5, 0.6) is 0 Å². The van der Waals surface area contributed by atoms with Gasteiger partial charge in [0.1, 0.15) is 5.82 Å². The second-order valence-electron chi connectivity index (χ2n) is 2.36. The van der Waals surface area contributed by atoms with Gasteiger partial charge in [-0.3, -0.25) is 10.2 Å². The molecule has 1 rings (SSSR count). The van der Waals surface area contributed by atoms with E-state index < -0.39 is 0 Å². The molecule has 1 aromatic rings. The van der Waals surface area contributed by atoms with Crippen molar-refractivity contribution in [2.24, 2.45) is 0 Å². The molecule has 0 saturated heterocycles. The number of nitrogens with one attached hydrogen (secondary N) is 2. The van der Waals surface area contributed by atoms with Gasteiger partial charge in [-0.05, 0) is 12.2 Å². The summed E-state index contributed by atoms with van der Waals surface area (Å²) in [6, 6.07) is 0. The Balaban J connectivity index is 2.78. The minimum Gasteiger partial charge on any atom is -0.285 e. The van der Waals surface area contributed by atoms with Crippen LogP contribution in [0.15, 0.2) is 0 Å².